The molecule has 0 spiro atoms. The molecule has 0 radical (unpaired) electrons. The van der Waals surface area contributed by atoms with Gasteiger partial charge in [0.25, 0.3) is 0 Å². The highest BCUT2D eigenvalue weighted by atomic mass is 32.1. The van der Waals surface area contributed by atoms with Crippen LogP contribution in [0.1, 0.15) is 88.5 Å². The van der Waals surface area contributed by atoms with E-state index in [0.717, 1.165) is 17.7 Å². The molecule has 0 aliphatic carbocycles. The summed E-state index contributed by atoms with van der Waals surface area (Å²) in [6.07, 6.45) is 15.8. The molecule has 1 atom stereocenters. The average molecular weight is 283 g/mol. The zero-order chi connectivity index (χ0) is 13.8. The van der Waals surface area contributed by atoms with Crippen molar-refractivity contribution in [2.75, 3.05) is 0 Å². The van der Waals surface area contributed by atoms with Crippen molar-refractivity contribution >= 4 is 11.3 Å². The maximum Gasteiger partial charge on any atom is 0.0898 e. The molecular formula is C16H29NOS. The molecular weight excluding hydrogens is 254 g/mol. The third kappa shape index (κ3) is 8.38. The van der Waals surface area contributed by atoms with Crippen LogP contribution >= 0.6 is 11.3 Å². The molecule has 0 fully saturated rings. The summed E-state index contributed by atoms with van der Waals surface area (Å²) in [7, 11) is 0. The van der Waals surface area contributed by atoms with Crippen molar-refractivity contribution in [1.29, 1.82) is 0 Å². The highest BCUT2D eigenvalue weighted by molar-refractivity contribution is 7.09. The van der Waals surface area contributed by atoms with Crippen LogP contribution in [0, 0.1) is 0 Å². The van der Waals surface area contributed by atoms with Gasteiger partial charge in [-0.1, -0.05) is 71.1 Å². The number of unbranched alkanes of at least 4 members (excludes halogenated alkanes) is 9. The molecule has 0 saturated carbocycles. The minimum Gasteiger partial charge on any atom is -0.388 e. The maximum absolute atomic E-state index is 9.90. The van der Waals surface area contributed by atoms with Crippen molar-refractivity contribution in [1.82, 2.24) is 4.98 Å². The zero-order valence-electron chi connectivity index (χ0n) is 12.3. The fourth-order valence-corrected chi connectivity index (χ4v) is 3.00. The van der Waals surface area contributed by atoms with Crippen molar-refractivity contribution < 1.29 is 5.11 Å². The van der Waals surface area contributed by atoms with Gasteiger partial charge < -0.3 is 5.11 Å². The molecule has 1 rings (SSSR count). The van der Waals surface area contributed by atoms with E-state index >= 15 is 0 Å². The predicted octanol–water partition coefficient (Wildman–Crippen LogP) is 5.49. The van der Waals surface area contributed by atoms with E-state index in [2.05, 4.69) is 11.9 Å². The highest BCUT2D eigenvalue weighted by Gasteiger charge is 2.08. The number of rotatable bonds is 12. The second-order valence-electron chi connectivity index (χ2n) is 5.39. The van der Waals surface area contributed by atoms with E-state index in [1.54, 1.807) is 23.0 Å². The molecule has 1 aromatic heterocycles. The molecule has 3 heteroatoms. The molecule has 1 heterocycles. The summed E-state index contributed by atoms with van der Waals surface area (Å²) in [5.74, 6) is 0. The van der Waals surface area contributed by atoms with Crippen molar-refractivity contribution in [3.63, 3.8) is 0 Å². The van der Waals surface area contributed by atoms with Crippen LogP contribution in [0.25, 0.3) is 0 Å². The molecule has 1 N–H and O–H groups in total. The topological polar surface area (TPSA) is 33.1 Å². The highest BCUT2D eigenvalue weighted by Crippen LogP contribution is 2.22. The molecule has 0 aliphatic rings. The Kier molecular flexibility index (Phi) is 10.0. The van der Waals surface area contributed by atoms with E-state index in [1.165, 1.54) is 57.8 Å². The number of aliphatic hydroxyl groups is 1. The number of hydrogen-bond donors (Lipinski definition) is 1. The van der Waals surface area contributed by atoms with Crippen LogP contribution in [-0.2, 0) is 0 Å². The molecule has 110 valence electrons. The van der Waals surface area contributed by atoms with E-state index < -0.39 is 0 Å². The lowest BCUT2D eigenvalue weighted by atomic mass is 10.0. The monoisotopic (exact) mass is 283 g/mol. The number of hydrogen-bond acceptors (Lipinski definition) is 3. The Morgan fingerprint density at radius 3 is 2.11 bits per heavy atom. The lowest BCUT2D eigenvalue weighted by Crippen LogP contribution is -1.94. The SMILES string of the molecule is CCCCCCCCCCCCC(O)c1cncs1. The van der Waals surface area contributed by atoms with Crippen molar-refractivity contribution in [2.45, 2.75) is 83.7 Å². The molecule has 0 aliphatic heterocycles. The Bertz CT molecular complexity index is 287. The summed E-state index contributed by atoms with van der Waals surface area (Å²) in [6, 6.07) is 0. The lowest BCUT2D eigenvalue weighted by Gasteiger charge is -2.07. The first kappa shape index (κ1) is 16.6. The van der Waals surface area contributed by atoms with Gasteiger partial charge in [0.2, 0.25) is 0 Å². The van der Waals surface area contributed by atoms with Crippen LogP contribution in [0.3, 0.4) is 0 Å². The number of thiazole rings is 1. The third-order valence-corrected chi connectivity index (χ3v) is 4.49. The molecule has 0 bridgehead atoms. The summed E-state index contributed by atoms with van der Waals surface area (Å²) in [5, 5.41) is 9.90. The quantitative estimate of drug-likeness (QED) is 0.515. The minimum absolute atomic E-state index is 0.290. The van der Waals surface area contributed by atoms with Gasteiger partial charge in [-0.05, 0) is 6.42 Å². The summed E-state index contributed by atoms with van der Waals surface area (Å²) < 4.78 is 0. The van der Waals surface area contributed by atoms with Gasteiger partial charge in [-0.25, -0.2) is 0 Å². The summed E-state index contributed by atoms with van der Waals surface area (Å²) >= 11 is 1.55. The summed E-state index contributed by atoms with van der Waals surface area (Å²) in [5.41, 5.74) is 1.79. The standard InChI is InChI=1S/C16H29NOS/c1-2-3-4-5-6-7-8-9-10-11-12-15(18)16-13-17-14-19-16/h13-15,18H,2-12H2,1H3. The summed E-state index contributed by atoms with van der Waals surface area (Å²) in [6.45, 7) is 2.26. The van der Waals surface area contributed by atoms with Crippen LogP contribution in [0.5, 0.6) is 0 Å². The fourth-order valence-electron chi connectivity index (χ4n) is 2.36. The van der Waals surface area contributed by atoms with Crippen LogP contribution in [0.15, 0.2) is 11.7 Å². The molecule has 2 nitrogen and oxygen atoms in total. The van der Waals surface area contributed by atoms with Crippen molar-refractivity contribution in [2.24, 2.45) is 0 Å². The molecule has 1 unspecified atom stereocenters. The van der Waals surface area contributed by atoms with Gasteiger partial charge in [0.15, 0.2) is 0 Å². The first-order chi connectivity index (χ1) is 9.34. The van der Waals surface area contributed by atoms with E-state index in [1.807, 2.05) is 0 Å². The molecule has 0 aromatic carbocycles. The van der Waals surface area contributed by atoms with E-state index in [0.29, 0.717) is 0 Å². The van der Waals surface area contributed by atoms with E-state index in [-0.39, 0.29) is 6.10 Å². The smallest absolute Gasteiger partial charge is 0.0898 e. The van der Waals surface area contributed by atoms with Gasteiger partial charge in [0, 0.05) is 6.20 Å². The first-order valence-corrected chi connectivity index (χ1v) is 8.79. The Balaban J connectivity index is 1.83. The second kappa shape index (κ2) is 11.4. The molecule has 1 aromatic rings. The Hall–Kier alpha value is -0.410. The van der Waals surface area contributed by atoms with Gasteiger partial charge in [-0.2, -0.15) is 0 Å². The first-order valence-electron chi connectivity index (χ1n) is 7.91. The van der Waals surface area contributed by atoms with Crippen LogP contribution in [0.4, 0.5) is 0 Å². The normalized spacial score (nSPS) is 12.7. The van der Waals surface area contributed by atoms with Crippen molar-refractivity contribution in [3.05, 3.63) is 16.6 Å². The number of aromatic nitrogens is 1. The van der Waals surface area contributed by atoms with Crippen LogP contribution in [0.2, 0.25) is 0 Å². The lowest BCUT2D eigenvalue weighted by molar-refractivity contribution is 0.167. The van der Waals surface area contributed by atoms with Gasteiger partial charge in [0.05, 0.1) is 16.5 Å². The molecule has 19 heavy (non-hydrogen) atoms. The van der Waals surface area contributed by atoms with Gasteiger partial charge in [-0.3, -0.25) is 4.98 Å². The van der Waals surface area contributed by atoms with Crippen molar-refractivity contribution in [3.8, 4) is 0 Å². The third-order valence-electron chi connectivity index (χ3n) is 3.61. The second-order valence-corrected chi connectivity index (χ2v) is 6.31. The van der Waals surface area contributed by atoms with Gasteiger partial charge in [-0.15, -0.1) is 11.3 Å². The number of nitrogens with zero attached hydrogens (tertiary/aromatic N) is 1. The molecule has 0 amide bonds. The minimum atomic E-state index is -0.290. The fraction of sp³-hybridized carbons (Fsp3) is 0.812. The maximum atomic E-state index is 9.90. The van der Waals surface area contributed by atoms with Gasteiger partial charge >= 0.3 is 0 Å². The Morgan fingerprint density at radius 1 is 1.00 bits per heavy atom. The summed E-state index contributed by atoms with van der Waals surface area (Å²) in [4.78, 5) is 5.01. The Labute approximate surface area is 122 Å². The van der Waals surface area contributed by atoms with E-state index in [4.69, 9.17) is 0 Å². The molecule has 0 saturated heterocycles. The number of aliphatic hydroxyl groups excluding tert-OH is 1. The van der Waals surface area contributed by atoms with E-state index in [9.17, 15) is 5.11 Å². The zero-order valence-corrected chi connectivity index (χ0v) is 13.1. The van der Waals surface area contributed by atoms with Crippen LogP contribution in [-0.4, -0.2) is 10.1 Å². The van der Waals surface area contributed by atoms with Crippen LogP contribution < -0.4 is 0 Å². The predicted molar refractivity (Wildman–Crippen MR) is 83.5 cm³/mol. The average Bonchev–Trinajstić information content (AvgIpc) is 2.95. The van der Waals surface area contributed by atoms with Gasteiger partial charge in [0.1, 0.15) is 0 Å². The Morgan fingerprint density at radius 2 is 1.58 bits per heavy atom. The largest absolute Gasteiger partial charge is 0.388 e.